The topological polar surface area (TPSA) is 80.3 Å². The van der Waals surface area contributed by atoms with Crippen LogP contribution in [0, 0.1) is 5.82 Å². The van der Waals surface area contributed by atoms with E-state index in [1.165, 1.54) is 25.1 Å². The Balaban J connectivity index is 1.68. The molecule has 1 heterocycles. The number of hydrogen-bond donors (Lipinski definition) is 2. The van der Waals surface area contributed by atoms with Gasteiger partial charge < -0.3 is 15.4 Å². The third-order valence-electron chi connectivity index (χ3n) is 3.76. The van der Waals surface area contributed by atoms with Gasteiger partial charge in [-0.15, -0.1) is 0 Å². The lowest BCUT2D eigenvalue weighted by Gasteiger charge is -2.10. The number of carbonyl (C=O) groups excluding carboxylic acids is 2. The Kier molecular flexibility index (Phi) is 5.96. The lowest BCUT2D eigenvalue weighted by Crippen LogP contribution is -2.13. The Morgan fingerprint density at radius 3 is 2.68 bits per heavy atom. The molecule has 0 fully saturated rings. The Hall–Kier alpha value is -3.74. The number of rotatable bonds is 6. The number of amides is 2. The van der Waals surface area contributed by atoms with Crippen molar-refractivity contribution in [3.63, 3.8) is 0 Å². The number of ether oxygens (including phenoxy) is 1. The van der Waals surface area contributed by atoms with E-state index in [0.29, 0.717) is 23.6 Å². The Bertz CT molecular complexity index is 993. The van der Waals surface area contributed by atoms with E-state index in [2.05, 4.69) is 15.6 Å². The van der Waals surface area contributed by atoms with Crippen molar-refractivity contribution in [2.75, 3.05) is 10.6 Å². The van der Waals surface area contributed by atoms with Crippen LogP contribution in [0.15, 0.2) is 67.0 Å². The lowest BCUT2D eigenvalue weighted by molar-refractivity contribution is -0.114. The van der Waals surface area contributed by atoms with Gasteiger partial charge in [0.15, 0.2) is 0 Å². The SMILES string of the molecule is CC(=O)Nc1cc(NC(=O)c2cccc(OCc3cccnc3)c2)ccc1F. The average molecular weight is 379 g/mol. The van der Waals surface area contributed by atoms with Gasteiger partial charge in [-0.2, -0.15) is 0 Å². The van der Waals surface area contributed by atoms with E-state index in [9.17, 15) is 14.0 Å². The highest BCUT2D eigenvalue weighted by Gasteiger charge is 2.10. The molecule has 0 unspecified atom stereocenters. The molecule has 0 saturated heterocycles. The van der Waals surface area contributed by atoms with E-state index < -0.39 is 11.7 Å². The number of pyridine rings is 1. The molecule has 0 atom stereocenters. The summed E-state index contributed by atoms with van der Waals surface area (Å²) in [6, 6.07) is 14.4. The number of aromatic nitrogens is 1. The zero-order valence-electron chi connectivity index (χ0n) is 15.1. The highest BCUT2D eigenvalue weighted by atomic mass is 19.1. The summed E-state index contributed by atoms with van der Waals surface area (Å²) in [7, 11) is 0. The van der Waals surface area contributed by atoms with Gasteiger partial charge in [-0.25, -0.2) is 4.39 Å². The number of anilines is 2. The molecule has 1 aromatic heterocycles. The molecular formula is C21H18FN3O3. The molecule has 0 radical (unpaired) electrons. The van der Waals surface area contributed by atoms with E-state index in [1.807, 2.05) is 12.1 Å². The van der Waals surface area contributed by atoms with Crippen LogP contribution in [0.1, 0.15) is 22.8 Å². The first-order valence-electron chi connectivity index (χ1n) is 8.51. The van der Waals surface area contributed by atoms with Crippen molar-refractivity contribution in [1.29, 1.82) is 0 Å². The number of carbonyl (C=O) groups is 2. The Labute approximate surface area is 161 Å². The molecule has 0 spiro atoms. The van der Waals surface area contributed by atoms with Crippen LogP contribution in [-0.2, 0) is 11.4 Å². The van der Waals surface area contributed by atoms with Crippen LogP contribution in [0.4, 0.5) is 15.8 Å². The molecule has 3 aromatic rings. The normalized spacial score (nSPS) is 10.2. The minimum absolute atomic E-state index is 0.00106. The first kappa shape index (κ1) is 19.0. The minimum atomic E-state index is -0.584. The summed E-state index contributed by atoms with van der Waals surface area (Å²) in [5.74, 6) is -0.832. The second kappa shape index (κ2) is 8.77. The van der Waals surface area contributed by atoms with Gasteiger partial charge in [0, 0.05) is 36.1 Å². The van der Waals surface area contributed by atoms with Gasteiger partial charge in [0.2, 0.25) is 5.91 Å². The summed E-state index contributed by atoms with van der Waals surface area (Å²) in [6.07, 6.45) is 3.39. The van der Waals surface area contributed by atoms with Gasteiger partial charge in [0.05, 0.1) is 5.69 Å². The fraction of sp³-hybridized carbons (Fsp3) is 0.0952. The zero-order chi connectivity index (χ0) is 19.9. The Morgan fingerprint density at radius 1 is 1.07 bits per heavy atom. The van der Waals surface area contributed by atoms with E-state index >= 15 is 0 Å². The third kappa shape index (κ3) is 5.14. The molecule has 0 aliphatic heterocycles. The summed E-state index contributed by atoms with van der Waals surface area (Å²) in [5, 5.41) is 5.06. The molecule has 0 bridgehead atoms. The molecule has 6 nitrogen and oxygen atoms in total. The van der Waals surface area contributed by atoms with Gasteiger partial charge in [0.25, 0.3) is 5.91 Å². The maximum absolute atomic E-state index is 13.7. The van der Waals surface area contributed by atoms with Crippen molar-refractivity contribution >= 4 is 23.2 Å². The molecule has 3 rings (SSSR count). The van der Waals surface area contributed by atoms with E-state index in [4.69, 9.17) is 4.74 Å². The molecular weight excluding hydrogens is 361 g/mol. The number of hydrogen-bond acceptors (Lipinski definition) is 4. The molecule has 142 valence electrons. The smallest absolute Gasteiger partial charge is 0.255 e. The quantitative estimate of drug-likeness (QED) is 0.678. The fourth-order valence-corrected chi connectivity index (χ4v) is 2.47. The number of nitrogens with one attached hydrogen (secondary N) is 2. The molecule has 2 amide bonds. The molecule has 2 N–H and O–H groups in total. The third-order valence-corrected chi connectivity index (χ3v) is 3.76. The maximum Gasteiger partial charge on any atom is 0.255 e. The van der Waals surface area contributed by atoms with Crippen molar-refractivity contribution < 1.29 is 18.7 Å². The minimum Gasteiger partial charge on any atom is -0.489 e. The van der Waals surface area contributed by atoms with Crippen LogP contribution < -0.4 is 15.4 Å². The van der Waals surface area contributed by atoms with Crippen molar-refractivity contribution in [3.05, 3.63) is 83.9 Å². The molecule has 0 aliphatic carbocycles. The van der Waals surface area contributed by atoms with Crippen LogP contribution in [0.2, 0.25) is 0 Å². The van der Waals surface area contributed by atoms with Gasteiger partial charge >= 0.3 is 0 Å². The number of benzene rings is 2. The highest BCUT2D eigenvalue weighted by molar-refractivity contribution is 6.05. The van der Waals surface area contributed by atoms with Gasteiger partial charge in [-0.3, -0.25) is 14.6 Å². The van der Waals surface area contributed by atoms with Gasteiger partial charge in [-0.1, -0.05) is 12.1 Å². The molecule has 0 aliphatic rings. The number of halogens is 1. The van der Waals surface area contributed by atoms with Crippen LogP contribution in [0.5, 0.6) is 5.75 Å². The fourth-order valence-electron chi connectivity index (χ4n) is 2.47. The highest BCUT2D eigenvalue weighted by Crippen LogP contribution is 2.21. The van der Waals surface area contributed by atoms with Crippen LogP contribution >= 0.6 is 0 Å². The van der Waals surface area contributed by atoms with Crippen molar-refractivity contribution in [1.82, 2.24) is 4.98 Å². The second-order valence-corrected chi connectivity index (χ2v) is 6.01. The second-order valence-electron chi connectivity index (χ2n) is 6.01. The Morgan fingerprint density at radius 2 is 1.93 bits per heavy atom. The van der Waals surface area contributed by atoms with Crippen LogP contribution in [-0.4, -0.2) is 16.8 Å². The molecule has 2 aromatic carbocycles. The average Bonchev–Trinajstić information content (AvgIpc) is 2.69. The summed E-state index contributed by atoms with van der Waals surface area (Å²) in [5.41, 5.74) is 1.65. The standard InChI is InChI=1S/C21H18FN3O3/c1-14(26)24-20-11-17(7-8-19(20)22)25-21(27)16-5-2-6-18(10-16)28-13-15-4-3-9-23-12-15/h2-12H,13H2,1H3,(H,24,26)(H,25,27). The lowest BCUT2D eigenvalue weighted by atomic mass is 10.2. The van der Waals surface area contributed by atoms with Gasteiger partial charge in [-0.05, 0) is 42.5 Å². The van der Waals surface area contributed by atoms with E-state index in [0.717, 1.165) is 5.56 Å². The summed E-state index contributed by atoms with van der Waals surface area (Å²) < 4.78 is 19.4. The number of nitrogens with zero attached hydrogens (tertiary/aromatic N) is 1. The van der Waals surface area contributed by atoms with Crippen molar-refractivity contribution in [2.45, 2.75) is 13.5 Å². The predicted octanol–water partition coefficient (Wildman–Crippen LogP) is 4.01. The van der Waals surface area contributed by atoms with Crippen molar-refractivity contribution in [2.24, 2.45) is 0 Å². The van der Waals surface area contributed by atoms with E-state index in [-0.39, 0.29) is 11.6 Å². The van der Waals surface area contributed by atoms with Crippen LogP contribution in [0.3, 0.4) is 0 Å². The molecule has 7 heteroatoms. The molecule has 0 saturated carbocycles. The summed E-state index contributed by atoms with van der Waals surface area (Å²) in [6.45, 7) is 1.61. The molecule has 28 heavy (non-hydrogen) atoms. The summed E-state index contributed by atoms with van der Waals surface area (Å²) in [4.78, 5) is 27.7. The van der Waals surface area contributed by atoms with Crippen molar-refractivity contribution in [3.8, 4) is 5.75 Å². The van der Waals surface area contributed by atoms with E-state index in [1.54, 1.807) is 36.7 Å². The monoisotopic (exact) mass is 379 g/mol. The van der Waals surface area contributed by atoms with Gasteiger partial charge in [0.1, 0.15) is 18.2 Å². The first-order chi connectivity index (χ1) is 13.5. The largest absolute Gasteiger partial charge is 0.489 e. The first-order valence-corrected chi connectivity index (χ1v) is 8.51. The zero-order valence-corrected chi connectivity index (χ0v) is 15.1. The maximum atomic E-state index is 13.7. The summed E-state index contributed by atoms with van der Waals surface area (Å²) >= 11 is 0. The van der Waals surface area contributed by atoms with Crippen LogP contribution in [0.25, 0.3) is 0 Å². The predicted molar refractivity (Wildman–Crippen MR) is 104 cm³/mol.